The van der Waals surface area contributed by atoms with Crippen LogP contribution in [0.5, 0.6) is 0 Å². The number of aryl methyl sites for hydroxylation is 2. The molecule has 2 heterocycles. The number of para-hydroxylation sites is 1. The second-order valence-electron chi connectivity index (χ2n) is 4.86. The van der Waals surface area contributed by atoms with Crippen molar-refractivity contribution in [2.75, 3.05) is 0 Å². The van der Waals surface area contributed by atoms with Crippen molar-refractivity contribution in [1.82, 2.24) is 9.78 Å². The lowest BCUT2D eigenvalue weighted by atomic mass is 10.1. The highest BCUT2D eigenvalue weighted by Crippen LogP contribution is 2.31. The SMILES string of the molecule is Cc1ccccc1-n1cc(C(=O)O)c(-c2sccc2C)n1. The summed E-state index contributed by atoms with van der Waals surface area (Å²) >= 11 is 1.51. The summed E-state index contributed by atoms with van der Waals surface area (Å²) in [5.74, 6) is -0.961. The normalized spacial score (nSPS) is 10.8. The molecular formula is C16H14N2O2S. The van der Waals surface area contributed by atoms with Crippen molar-refractivity contribution in [2.24, 2.45) is 0 Å². The van der Waals surface area contributed by atoms with Gasteiger partial charge in [-0.1, -0.05) is 18.2 Å². The van der Waals surface area contributed by atoms with Gasteiger partial charge in [0.15, 0.2) is 0 Å². The number of benzene rings is 1. The fraction of sp³-hybridized carbons (Fsp3) is 0.125. The van der Waals surface area contributed by atoms with Crippen molar-refractivity contribution in [3.05, 3.63) is 58.6 Å². The van der Waals surface area contributed by atoms with E-state index in [-0.39, 0.29) is 5.56 Å². The number of aromatic carboxylic acids is 1. The molecule has 0 unspecified atom stereocenters. The maximum absolute atomic E-state index is 11.5. The fourth-order valence-electron chi connectivity index (χ4n) is 2.26. The molecule has 106 valence electrons. The summed E-state index contributed by atoms with van der Waals surface area (Å²) in [6.07, 6.45) is 1.58. The second-order valence-corrected chi connectivity index (χ2v) is 5.78. The zero-order valence-corrected chi connectivity index (χ0v) is 12.5. The standard InChI is InChI=1S/C16H14N2O2S/c1-10-5-3-4-6-13(10)18-9-12(16(19)20)14(17-18)15-11(2)7-8-21-15/h3-9H,1-2H3,(H,19,20). The van der Waals surface area contributed by atoms with Gasteiger partial charge in [-0.3, -0.25) is 0 Å². The molecule has 4 nitrogen and oxygen atoms in total. The molecular weight excluding hydrogens is 284 g/mol. The van der Waals surface area contributed by atoms with Crippen LogP contribution in [0, 0.1) is 13.8 Å². The predicted octanol–water partition coefficient (Wildman–Crippen LogP) is 3.92. The molecule has 21 heavy (non-hydrogen) atoms. The first kappa shape index (κ1) is 13.6. The molecule has 1 N–H and O–H groups in total. The van der Waals surface area contributed by atoms with Gasteiger partial charge in [0.05, 0.1) is 10.6 Å². The first-order valence-electron chi connectivity index (χ1n) is 6.51. The minimum absolute atomic E-state index is 0.226. The van der Waals surface area contributed by atoms with E-state index in [1.165, 1.54) is 11.3 Å². The van der Waals surface area contributed by atoms with Crippen LogP contribution in [0.15, 0.2) is 41.9 Å². The quantitative estimate of drug-likeness (QED) is 0.797. The molecule has 0 amide bonds. The van der Waals surface area contributed by atoms with E-state index in [9.17, 15) is 9.90 Å². The highest BCUT2D eigenvalue weighted by molar-refractivity contribution is 7.13. The van der Waals surface area contributed by atoms with E-state index in [1.807, 2.05) is 49.6 Å². The van der Waals surface area contributed by atoms with E-state index in [1.54, 1.807) is 10.9 Å². The molecule has 2 aromatic heterocycles. The van der Waals surface area contributed by atoms with Gasteiger partial charge in [-0.2, -0.15) is 5.10 Å². The first-order chi connectivity index (χ1) is 10.1. The van der Waals surface area contributed by atoms with Gasteiger partial charge in [0.25, 0.3) is 0 Å². The summed E-state index contributed by atoms with van der Waals surface area (Å²) in [4.78, 5) is 12.4. The Hall–Kier alpha value is -2.40. The van der Waals surface area contributed by atoms with Crippen LogP contribution in [0.25, 0.3) is 16.3 Å². The van der Waals surface area contributed by atoms with Gasteiger partial charge in [0.1, 0.15) is 11.3 Å². The van der Waals surface area contributed by atoms with E-state index in [0.29, 0.717) is 5.69 Å². The van der Waals surface area contributed by atoms with Crippen LogP contribution in [-0.4, -0.2) is 20.9 Å². The minimum atomic E-state index is -0.961. The van der Waals surface area contributed by atoms with Gasteiger partial charge in [-0.15, -0.1) is 11.3 Å². The molecule has 0 aliphatic rings. The second kappa shape index (κ2) is 5.18. The van der Waals surface area contributed by atoms with E-state index >= 15 is 0 Å². The molecule has 0 spiro atoms. The summed E-state index contributed by atoms with van der Waals surface area (Å²) in [6.45, 7) is 3.94. The average Bonchev–Trinajstić information content (AvgIpc) is 3.05. The Morgan fingerprint density at radius 2 is 1.95 bits per heavy atom. The monoisotopic (exact) mass is 298 g/mol. The maximum atomic E-state index is 11.5. The minimum Gasteiger partial charge on any atom is -0.478 e. The highest BCUT2D eigenvalue weighted by Gasteiger charge is 2.20. The van der Waals surface area contributed by atoms with Gasteiger partial charge in [-0.25, -0.2) is 9.48 Å². The molecule has 0 bridgehead atoms. The number of hydrogen-bond donors (Lipinski definition) is 1. The third kappa shape index (κ3) is 2.36. The van der Waals surface area contributed by atoms with Crippen LogP contribution in [0.2, 0.25) is 0 Å². The predicted molar refractivity (Wildman–Crippen MR) is 83.3 cm³/mol. The van der Waals surface area contributed by atoms with Crippen molar-refractivity contribution in [2.45, 2.75) is 13.8 Å². The summed E-state index contributed by atoms with van der Waals surface area (Å²) in [7, 11) is 0. The molecule has 3 rings (SSSR count). The molecule has 0 radical (unpaired) electrons. The van der Waals surface area contributed by atoms with E-state index in [0.717, 1.165) is 21.7 Å². The average molecular weight is 298 g/mol. The lowest BCUT2D eigenvalue weighted by Gasteiger charge is -2.04. The van der Waals surface area contributed by atoms with Crippen molar-refractivity contribution in [1.29, 1.82) is 0 Å². The van der Waals surface area contributed by atoms with Crippen molar-refractivity contribution < 1.29 is 9.90 Å². The highest BCUT2D eigenvalue weighted by atomic mass is 32.1. The molecule has 0 aliphatic heterocycles. The lowest BCUT2D eigenvalue weighted by Crippen LogP contribution is -1.97. The fourth-order valence-corrected chi connectivity index (χ4v) is 3.18. The van der Waals surface area contributed by atoms with Gasteiger partial charge >= 0.3 is 5.97 Å². The van der Waals surface area contributed by atoms with Crippen LogP contribution in [0.3, 0.4) is 0 Å². The Kier molecular flexibility index (Phi) is 3.35. The van der Waals surface area contributed by atoms with Crippen LogP contribution in [-0.2, 0) is 0 Å². The topological polar surface area (TPSA) is 55.1 Å². The Bertz CT molecular complexity index is 817. The molecule has 0 atom stereocenters. The van der Waals surface area contributed by atoms with Crippen molar-refractivity contribution in [3.8, 4) is 16.3 Å². The first-order valence-corrected chi connectivity index (χ1v) is 7.39. The van der Waals surface area contributed by atoms with Crippen LogP contribution in [0.4, 0.5) is 0 Å². The number of carboxylic acids is 1. The van der Waals surface area contributed by atoms with Gasteiger partial charge in [-0.05, 0) is 42.5 Å². The number of nitrogens with zero attached hydrogens (tertiary/aromatic N) is 2. The van der Waals surface area contributed by atoms with Gasteiger partial charge < -0.3 is 5.11 Å². The summed E-state index contributed by atoms with van der Waals surface area (Å²) in [5, 5.41) is 15.9. The molecule has 0 fully saturated rings. The van der Waals surface area contributed by atoms with Crippen molar-refractivity contribution >= 4 is 17.3 Å². The number of hydrogen-bond acceptors (Lipinski definition) is 3. The summed E-state index contributed by atoms with van der Waals surface area (Å²) in [5.41, 5.74) is 3.73. The lowest BCUT2D eigenvalue weighted by molar-refractivity contribution is 0.0697. The van der Waals surface area contributed by atoms with Gasteiger partial charge in [0.2, 0.25) is 0 Å². The Balaban J connectivity index is 2.21. The number of thiophene rings is 1. The van der Waals surface area contributed by atoms with Gasteiger partial charge in [0, 0.05) is 6.20 Å². The number of carbonyl (C=O) groups is 1. The zero-order chi connectivity index (χ0) is 15.0. The van der Waals surface area contributed by atoms with Crippen LogP contribution >= 0.6 is 11.3 Å². The molecule has 0 saturated carbocycles. The summed E-state index contributed by atoms with van der Waals surface area (Å²) < 4.78 is 1.65. The van der Waals surface area contributed by atoms with E-state index in [4.69, 9.17) is 0 Å². The Labute approximate surface area is 126 Å². The summed E-state index contributed by atoms with van der Waals surface area (Å²) in [6, 6.07) is 9.75. The van der Waals surface area contributed by atoms with Crippen molar-refractivity contribution in [3.63, 3.8) is 0 Å². The van der Waals surface area contributed by atoms with E-state index in [2.05, 4.69) is 5.10 Å². The van der Waals surface area contributed by atoms with Crippen LogP contribution < -0.4 is 0 Å². The zero-order valence-electron chi connectivity index (χ0n) is 11.7. The Morgan fingerprint density at radius 1 is 1.19 bits per heavy atom. The number of rotatable bonds is 3. The molecule has 1 aromatic carbocycles. The molecule has 0 saturated heterocycles. The smallest absolute Gasteiger partial charge is 0.339 e. The Morgan fingerprint density at radius 3 is 2.57 bits per heavy atom. The third-order valence-electron chi connectivity index (χ3n) is 3.38. The molecule has 3 aromatic rings. The maximum Gasteiger partial charge on any atom is 0.339 e. The molecule has 0 aliphatic carbocycles. The molecule has 5 heteroatoms. The largest absolute Gasteiger partial charge is 0.478 e. The van der Waals surface area contributed by atoms with Crippen LogP contribution in [0.1, 0.15) is 21.5 Å². The number of aromatic nitrogens is 2. The van der Waals surface area contributed by atoms with E-state index < -0.39 is 5.97 Å². The number of carboxylic acid groups (broad SMARTS) is 1. The third-order valence-corrected chi connectivity index (χ3v) is 4.41.